The van der Waals surface area contributed by atoms with Gasteiger partial charge in [0.1, 0.15) is 5.82 Å². The van der Waals surface area contributed by atoms with E-state index < -0.39 is 0 Å². The maximum atomic E-state index is 9.12. The molecule has 18 heavy (non-hydrogen) atoms. The Hall–Kier alpha value is -0.840. The Labute approximate surface area is 113 Å². The number of anilines is 1. The standard InChI is InChI=1S/C13H20ClN3O/c1-15-13-3-2-11(14)12(16-13)8-17-6-4-10(9-18)5-7-17/h2-3,10,18H,4-9H2,1H3,(H,15,16). The predicted molar refractivity (Wildman–Crippen MR) is 73.9 cm³/mol. The van der Waals surface area contributed by atoms with Crippen molar-refractivity contribution in [3.63, 3.8) is 0 Å². The van der Waals surface area contributed by atoms with Crippen molar-refractivity contribution >= 4 is 17.4 Å². The van der Waals surface area contributed by atoms with E-state index in [1.165, 1.54) is 0 Å². The van der Waals surface area contributed by atoms with Crippen LogP contribution in [-0.2, 0) is 6.54 Å². The fourth-order valence-corrected chi connectivity index (χ4v) is 2.44. The summed E-state index contributed by atoms with van der Waals surface area (Å²) in [7, 11) is 1.85. The molecule has 0 aliphatic carbocycles. The number of halogens is 1. The Balaban J connectivity index is 1.97. The van der Waals surface area contributed by atoms with Gasteiger partial charge >= 0.3 is 0 Å². The maximum Gasteiger partial charge on any atom is 0.126 e. The number of aromatic nitrogens is 1. The third kappa shape index (κ3) is 3.34. The lowest BCUT2D eigenvalue weighted by Crippen LogP contribution is -2.34. The minimum absolute atomic E-state index is 0.308. The fourth-order valence-electron chi connectivity index (χ4n) is 2.27. The molecular weight excluding hydrogens is 250 g/mol. The largest absolute Gasteiger partial charge is 0.396 e. The van der Waals surface area contributed by atoms with Crippen LogP contribution in [0.1, 0.15) is 18.5 Å². The molecule has 0 bridgehead atoms. The summed E-state index contributed by atoms with van der Waals surface area (Å²) in [6.07, 6.45) is 2.11. The number of hydrogen-bond donors (Lipinski definition) is 2. The van der Waals surface area contributed by atoms with Gasteiger partial charge < -0.3 is 10.4 Å². The highest BCUT2D eigenvalue weighted by Crippen LogP contribution is 2.22. The molecule has 1 aliphatic heterocycles. The van der Waals surface area contributed by atoms with Gasteiger partial charge in [-0.05, 0) is 44.0 Å². The van der Waals surface area contributed by atoms with Crippen molar-refractivity contribution < 1.29 is 5.11 Å². The van der Waals surface area contributed by atoms with Gasteiger partial charge in [0.15, 0.2) is 0 Å². The van der Waals surface area contributed by atoms with E-state index in [-0.39, 0.29) is 0 Å². The molecule has 0 spiro atoms. The summed E-state index contributed by atoms with van der Waals surface area (Å²) < 4.78 is 0. The minimum atomic E-state index is 0.308. The Morgan fingerprint density at radius 1 is 1.44 bits per heavy atom. The highest BCUT2D eigenvalue weighted by Gasteiger charge is 2.19. The first-order valence-electron chi connectivity index (χ1n) is 6.39. The molecule has 100 valence electrons. The second-order valence-electron chi connectivity index (χ2n) is 4.78. The molecule has 0 amide bonds. The number of pyridine rings is 1. The van der Waals surface area contributed by atoms with Gasteiger partial charge in [-0.15, -0.1) is 0 Å². The Bertz CT molecular complexity index is 392. The van der Waals surface area contributed by atoms with E-state index in [4.69, 9.17) is 16.7 Å². The molecule has 5 heteroatoms. The number of nitrogens with zero attached hydrogens (tertiary/aromatic N) is 2. The molecule has 2 N–H and O–H groups in total. The molecule has 1 aliphatic rings. The van der Waals surface area contributed by atoms with Crippen LogP contribution in [0.3, 0.4) is 0 Å². The number of hydrogen-bond acceptors (Lipinski definition) is 4. The van der Waals surface area contributed by atoms with Crippen molar-refractivity contribution in [1.82, 2.24) is 9.88 Å². The van der Waals surface area contributed by atoms with E-state index in [1.807, 2.05) is 19.2 Å². The van der Waals surface area contributed by atoms with Gasteiger partial charge in [0.05, 0.1) is 10.7 Å². The fraction of sp³-hybridized carbons (Fsp3) is 0.615. The highest BCUT2D eigenvalue weighted by atomic mass is 35.5. The lowest BCUT2D eigenvalue weighted by molar-refractivity contribution is 0.126. The second kappa shape index (κ2) is 6.36. The first kappa shape index (κ1) is 13.6. The zero-order chi connectivity index (χ0) is 13.0. The maximum absolute atomic E-state index is 9.12. The van der Waals surface area contributed by atoms with E-state index in [9.17, 15) is 0 Å². The summed E-state index contributed by atoms with van der Waals surface area (Å²) in [4.78, 5) is 6.84. The first-order valence-corrected chi connectivity index (χ1v) is 6.77. The van der Waals surface area contributed by atoms with Crippen LogP contribution in [-0.4, -0.2) is 41.7 Å². The van der Waals surface area contributed by atoms with Crippen LogP contribution in [0.4, 0.5) is 5.82 Å². The lowest BCUT2D eigenvalue weighted by atomic mass is 9.98. The molecular formula is C13H20ClN3O. The van der Waals surface area contributed by atoms with E-state index >= 15 is 0 Å². The molecule has 2 rings (SSSR count). The number of rotatable bonds is 4. The minimum Gasteiger partial charge on any atom is -0.396 e. The van der Waals surface area contributed by atoms with Crippen LogP contribution in [0.2, 0.25) is 5.02 Å². The third-order valence-electron chi connectivity index (χ3n) is 3.51. The molecule has 2 heterocycles. The molecule has 1 aromatic rings. The summed E-state index contributed by atoms with van der Waals surface area (Å²) in [5.41, 5.74) is 0.922. The summed E-state index contributed by atoms with van der Waals surface area (Å²) >= 11 is 6.17. The summed E-state index contributed by atoms with van der Waals surface area (Å²) in [6.45, 7) is 3.11. The molecule has 0 unspecified atom stereocenters. The summed E-state index contributed by atoms with van der Waals surface area (Å²) in [5, 5.41) is 12.9. The van der Waals surface area contributed by atoms with Gasteiger partial charge in [0, 0.05) is 20.2 Å². The smallest absolute Gasteiger partial charge is 0.126 e. The van der Waals surface area contributed by atoms with Crippen LogP contribution >= 0.6 is 11.6 Å². The number of likely N-dealkylation sites (tertiary alicyclic amines) is 1. The van der Waals surface area contributed by atoms with Crippen LogP contribution in [0.25, 0.3) is 0 Å². The van der Waals surface area contributed by atoms with Gasteiger partial charge in [-0.1, -0.05) is 11.6 Å². The van der Waals surface area contributed by atoms with Crippen molar-refractivity contribution in [3.05, 3.63) is 22.8 Å². The predicted octanol–water partition coefficient (Wildman–Crippen LogP) is 1.98. The van der Waals surface area contributed by atoms with Gasteiger partial charge in [0.25, 0.3) is 0 Å². The van der Waals surface area contributed by atoms with Crippen LogP contribution in [0.15, 0.2) is 12.1 Å². The van der Waals surface area contributed by atoms with Gasteiger partial charge in [0.2, 0.25) is 0 Å². The van der Waals surface area contributed by atoms with E-state index in [0.29, 0.717) is 12.5 Å². The zero-order valence-corrected chi connectivity index (χ0v) is 11.5. The third-order valence-corrected chi connectivity index (χ3v) is 3.86. The number of aliphatic hydroxyl groups excluding tert-OH is 1. The molecule has 0 atom stereocenters. The molecule has 0 radical (unpaired) electrons. The molecule has 4 nitrogen and oxygen atoms in total. The zero-order valence-electron chi connectivity index (χ0n) is 10.7. The van der Waals surface area contributed by atoms with Crippen molar-refractivity contribution in [3.8, 4) is 0 Å². The topological polar surface area (TPSA) is 48.4 Å². The number of piperidine rings is 1. The van der Waals surface area contributed by atoms with Crippen LogP contribution < -0.4 is 5.32 Å². The second-order valence-corrected chi connectivity index (χ2v) is 5.18. The molecule has 0 aromatic carbocycles. The summed E-state index contributed by atoms with van der Waals surface area (Å²) in [6, 6.07) is 3.76. The van der Waals surface area contributed by atoms with Crippen molar-refractivity contribution in [2.24, 2.45) is 5.92 Å². The SMILES string of the molecule is CNc1ccc(Cl)c(CN2CCC(CO)CC2)n1. The van der Waals surface area contributed by atoms with E-state index in [1.54, 1.807) is 0 Å². The van der Waals surface area contributed by atoms with Crippen LogP contribution in [0, 0.1) is 5.92 Å². The molecule has 1 saturated heterocycles. The van der Waals surface area contributed by atoms with E-state index in [2.05, 4.69) is 15.2 Å². The lowest BCUT2D eigenvalue weighted by Gasteiger charge is -2.30. The summed E-state index contributed by atoms with van der Waals surface area (Å²) in [5.74, 6) is 1.31. The molecule has 1 aromatic heterocycles. The Kier molecular flexibility index (Phi) is 4.80. The average Bonchev–Trinajstić information content (AvgIpc) is 2.42. The van der Waals surface area contributed by atoms with Gasteiger partial charge in [-0.3, -0.25) is 4.90 Å². The monoisotopic (exact) mass is 269 g/mol. The first-order chi connectivity index (χ1) is 8.72. The quantitative estimate of drug-likeness (QED) is 0.878. The molecule has 1 fully saturated rings. The Morgan fingerprint density at radius 3 is 2.78 bits per heavy atom. The molecule has 0 saturated carbocycles. The van der Waals surface area contributed by atoms with Crippen molar-refractivity contribution in [2.75, 3.05) is 32.1 Å². The van der Waals surface area contributed by atoms with Crippen molar-refractivity contribution in [2.45, 2.75) is 19.4 Å². The highest BCUT2D eigenvalue weighted by molar-refractivity contribution is 6.31. The number of aliphatic hydroxyl groups is 1. The Morgan fingerprint density at radius 2 is 2.17 bits per heavy atom. The van der Waals surface area contributed by atoms with Gasteiger partial charge in [-0.2, -0.15) is 0 Å². The van der Waals surface area contributed by atoms with Crippen molar-refractivity contribution in [1.29, 1.82) is 0 Å². The number of nitrogens with one attached hydrogen (secondary N) is 1. The normalized spacial score (nSPS) is 17.9. The average molecular weight is 270 g/mol. The van der Waals surface area contributed by atoms with Gasteiger partial charge in [-0.25, -0.2) is 4.98 Å². The van der Waals surface area contributed by atoms with Crippen LogP contribution in [0.5, 0.6) is 0 Å². The van der Waals surface area contributed by atoms with E-state index in [0.717, 1.165) is 49.0 Å².